The largest absolute Gasteiger partial charge is 0.243 e. The molecule has 0 unspecified atom stereocenters. The highest BCUT2D eigenvalue weighted by Gasteiger charge is 2.39. The van der Waals surface area contributed by atoms with E-state index in [9.17, 15) is 8.42 Å². The molecule has 0 bridgehead atoms. The summed E-state index contributed by atoms with van der Waals surface area (Å²) in [6.45, 7) is 8.72. The lowest BCUT2D eigenvalue weighted by molar-refractivity contribution is 0.0934. The van der Waals surface area contributed by atoms with Crippen LogP contribution in [0.25, 0.3) is 0 Å². The minimum atomic E-state index is -3.61. The number of nitrogens with zero attached hydrogens (tertiary/aromatic N) is 2. The van der Waals surface area contributed by atoms with Crippen molar-refractivity contribution in [3.05, 3.63) is 17.7 Å². The van der Waals surface area contributed by atoms with Crippen LogP contribution in [0.4, 0.5) is 0 Å². The molecule has 21 heavy (non-hydrogen) atoms. The Morgan fingerprint density at radius 2 is 1.62 bits per heavy atom. The number of halogens is 1. The van der Waals surface area contributed by atoms with Crippen molar-refractivity contribution in [2.75, 3.05) is 0 Å². The molecule has 2 rings (SSSR count). The van der Waals surface area contributed by atoms with Gasteiger partial charge in [0.15, 0.2) is 0 Å². The molecule has 1 aliphatic rings. The van der Waals surface area contributed by atoms with E-state index < -0.39 is 10.0 Å². The fourth-order valence-electron chi connectivity index (χ4n) is 3.66. The summed E-state index contributed by atoms with van der Waals surface area (Å²) in [6.07, 6.45) is 5.20. The minimum absolute atomic E-state index is 0.0360. The molecule has 0 aliphatic heterocycles. The first kappa shape index (κ1) is 16.6. The topological polar surface area (TPSA) is 72.0 Å². The van der Waals surface area contributed by atoms with E-state index in [1.165, 1.54) is 12.4 Å². The van der Waals surface area contributed by atoms with Crippen LogP contribution in [0, 0.1) is 10.8 Å². The molecular weight excluding hydrogens is 310 g/mol. The van der Waals surface area contributed by atoms with Crippen molar-refractivity contribution in [1.82, 2.24) is 14.7 Å². The molecular formula is C14H22ClN3O2S. The van der Waals surface area contributed by atoms with Crippen molar-refractivity contribution >= 4 is 21.6 Å². The average Bonchev–Trinajstić information content (AvgIpc) is 2.23. The van der Waals surface area contributed by atoms with E-state index in [0.29, 0.717) is 0 Å². The smallest absolute Gasteiger partial charge is 0.225 e. The van der Waals surface area contributed by atoms with Crippen LogP contribution in [0.3, 0.4) is 0 Å². The van der Waals surface area contributed by atoms with Gasteiger partial charge in [-0.25, -0.2) is 23.1 Å². The third-order valence-corrected chi connectivity index (χ3v) is 5.45. The van der Waals surface area contributed by atoms with Crippen molar-refractivity contribution in [2.24, 2.45) is 10.8 Å². The Balaban J connectivity index is 2.18. The number of nitrogens with one attached hydrogen (secondary N) is 1. The zero-order valence-corrected chi connectivity index (χ0v) is 14.4. The van der Waals surface area contributed by atoms with Gasteiger partial charge in [-0.15, -0.1) is 0 Å². The molecule has 1 saturated carbocycles. The van der Waals surface area contributed by atoms with E-state index >= 15 is 0 Å². The normalized spacial score (nSPS) is 22.1. The third kappa shape index (κ3) is 4.37. The van der Waals surface area contributed by atoms with Gasteiger partial charge >= 0.3 is 0 Å². The van der Waals surface area contributed by atoms with Crippen LogP contribution in [0.15, 0.2) is 17.3 Å². The van der Waals surface area contributed by atoms with E-state index in [1.807, 2.05) is 0 Å². The number of aromatic nitrogens is 2. The zero-order valence-electron chi connectivity index (χ0n) is 12.9. The second-order valence-electron chi connectivity index (χ2n) is 7.42. The Kier molecular flexibility index (Phi) is 4.35. The number of sulfonamides is 1. The van der Waals surface area contributed by atoms with E-state index in [2.05, 4.69) is 42.4 Å². The molecule has 1 heterocycles. The van der Waals surface area contributed by atoms with Crippen LogP contribution in [0.2, 0.25) is 5.28 Å². The van der Waals surface area contributed by atoms with E-state index in [4.69, 9.17) is 11.6 Å². The molecule has 7 heteroatoms. The van der Waals surface area contributed by atoms with Gasteiger partial charge in [-0.1, -0.05) is 27.7 Å². The molecule has 0 spiro atoms. The average molecular weight is 332 g/mol. The summed E-state index contributed by atoms with van der Waals surface area (Å²) in [4.78, 5) is 7.51. The van der Waals surface area contributed by atoms with Crippen molar-refractivity contribution in [3.63, 3.8) is 0 Å². The Morgan fingerprint density at radius 1 is 1.14 bits per heavy atom. The van der Waals surface area contributed by atoms with E-state index in [1.54, 1.807) is 0 Å². The van der Waals surface area contributed by atoms with Gasteiger partial charge in [0.25, 0.3) is 0 Å². The highest BCUT2D eigenvalue weighted by Crippen LogP contribution is 2.45. The van der Waals surface area contributed by atoms with Crippen LogP contribution in [0.1, 0.15) is 47.0 Å². The second kappa shape index (κ2) is 5.48. The summed E-state index contributed by atoms with van der Waals surface area (Å²) in [5.41, 5.74) is 0.233. The predicted octanol–water partition coefficient (Wildman–Crippen LogP) is 3.01. The first-order valence-electron chi connectivity index (χ1n) is 6.99. The summed E-state index contributed by atoms with van der Waals surface area (Å²) in [5.74, 6) is 0. The molecule has 0 amide bonds. The van der Waals surface area contributed by atoms with Crippen LogP contribution < -0.4 is 4.72 Å². The standard InChI is InChI=1S/C14H22ClN3O2S/c1-13(2)5-10(6-14(3,4)9-13)18-21(19,20)11-7-16-12(15)17-8-11/h7-8,10,18H,5-6,9H2,1-4H3. The van der Waals surface area contributed by atoms with Crippen LogP contribution in [0.5, 0.6) is 0 Å². The first-order valence-corrected chi connectivity index (χ1v) is 8.85. The van der Waals surface area contributed by atoms with Crippen molar-refractivity contribution in [2.45, 2.75) is 57.9 Å². The highest BCUT2D eigenvalue weighted by molar-refractivity contribution is 7.89. The molecule has 1 aliphatic carbocycles. The lowest BCUT2D eigenvalue weighted by atomic mass is 9.64. The number of rotatable bonds is 3. The van der Waals surface area contributed by atoms with Crippen molar-refractivity contribution < 1.29 is 8.42 Å². The Hall–Kier alpha value is -0.720. The fraction of sp³-hybridized carbons (Fsp3) is 0.714. The van der Waals surface area contributed by atoms with Gasteiger partial charge in [-0.2, -0.15) is 0 Å². The molecule has 0 aromatic carbocycles. The quantitative estimate of drug-likeness (QED) is 0.864. The summed E-state index contributed by atoms with van der Waals surface area (Å²) < 4.78 is 27.6. The van der Waals surface area contributed by atoms with Crippen LogP contribution in [-0.4, -0.2) is 24.4 Å². The second-order valence-corrected chi connectivity index (χ2v) is 9.47. The van der Waals surface area contributed by atoms with Crippen LogP contribution in [-0.2, 0) is 10.0 Å². The van der Waals surface area contributed by atoms with Gasteiger partial charge in [0.2, 0.25) is 15.3 Å². The number of hydrogen-bond donors (Lipinski definition) is 1. The Labute approximate surface area is 131 Å². The minimum Gasteiger partial charge on any atom is -0.225 e. The summed E-state index contributed by atoms with van der Waals surface area (Å²) in [7, 11) is -3.61. The van der Waals surface area contributed by atoms with Gasteiger partial charge in [-0.3, -0.25) is 0 Å². The maximum atomic E-state index is 12.4. The van der Waals surface area contributed by atoms with Gasteiger partial charge < -0.3 is 0 Å². The zero-order chi connectivity index (χ0) is 15.9. The molecule has 0 radical (unpaired) electrons. The molecule has 1 aromatic rings. The molecule has 0 saturated heterocycles. The Morgan fingerprint density at radius 3 is 2.10 bits per heavy atom. The summed E-state index contributed by atoms with van der Waals surface area (Å²) in [5, 5.41) is 0.0360. The number of hydrogen-bond acceptors (Lipinski definition) is 4. The molecule has 1 aromatic heterocycles. The van der Waals surface area contributed by atoms with Crippen LogP contribution >= 0.6 is 11.6 Å². The molecule has 1 N–H and O–H groups in total. The Bertz CT molecular complexity index is 596. The van der Waals surface area contributed by atoms with Gasteiger partial charge in [0, 0.05) is 6.04 Å². The van der Waals surface area contributed by atoms with Gasteiger partial charge in [0.1, 0.15) is 4.90 Å². The SMILES string of the molecule is CC1(C)CC(NS(=O)(=O)c2cnc(Cl)nc2)CC(C)(C)C1. The monoisotopic (exact) mass is 331 g/mol. The highest BCUT2D eigenvalue weighted by atomic mass is 35.5. The van der Waals surface area contributed by atoms with Gasteiger partial charge in [-0.05, 0) is 41.7 Å². The van der Waals surface area contributed by atoms with Crippen molar-refractivity contribution in [1.29, 1.82) is 0 Å². The van der Waals surface area contributed by atoms with E-state index in [-0.39, 0.29) is 27.1 Å². The fourth-order valence-corrected chi connectivity index (χ4v) is 4.88. The molecule has 5 nitrogen and oxygen atoms in total. The lowest BCUT2D eigenvalue weighted by Gasteiger charge is -2.45. The maximum Gasteiger partial charge on any atom is 0.243 e. The van der Waals surface area contributed by atoms with Gasteiger partial charge in [0.05, 0.1) is 12.4 Å². The molecule has 0 atom stereocenters. The third-order valence-electron chi connectivity index (χ3n) is 3.78. The molecule has 1 fully saturated rings. The van der Waals surface area contributed by atoms with Crippen molar-refractivity contribution in [3.8, 4) is 0 Å². The van der Waals surface area contributed by atoms with E-state index in [0.717, 1.165) is 19.3 Å². The summed E-state index contributed by atoms with van der Waals surface area (Å²) in [6, 6.07) is -0.0792. The lowest BCUT2D eigenvalue weighted by Crippen LogP contribution is -2.45. The predicted molar refractivity (Wildman–Crippen MR) is 82.6 cm³/mol. The first-order chi connectivity index (χ1) is 9.49. The maximum absolute atomic E-state index is 12.4. The summed E-state index contributed by atoms with van der Waals surface area (Å²) >= 11 is 5.59. The molecule has 118 valence electrons.